The first-order valence-electron chi connectivity index (χ1n) is 7.61. The van der Waals surface area contributed by atoms with Crippen LogP contribution in [0.4, 0.5) is 0 Å². The summed E-state index contributed by atoms with van der Waals surface area (Å²) in [5, 5.41) is 0.745. The highest BCUT2D eigenvalue weighted by atomic mass is 35.5. The number of hydrogen-bond acceptors (Lipinski definition) is 5. The average molecular weight is 461 g/mol. The second kappa shape index (κ2) is 8.00. The topological polar surface area (TPSA) is 90.3 Å². The van der Waals surface area contributed by atoms with Crippen LogP contribution in [0.25, 0.3) is 5.69 Å². The van der Waals surface area contributed by atoms with Crippen LogP contribution in [0.2, 0.25) is 15.1 Å². The summed E-state index contributed by atoms with van der Waals surface area (Å²) in [5.74, 6) is -0.648. The van der Waals surface area contributed by atoms with E-state index < -0.39 is 15.9 Å². The molecule has 3 aromatic rings. The van der Waals surface area contributed by atoms with E-state index in [0.29, 0.717) is 15.7 Å². The molecule has 0 saturated heterocycles. The number of ether oxygens (including phenoxy) is 1. The van der Waals surface area contributed by atoms with Crippen LogP contribution < -0.4 is 9.46 Å². The molecule has 28 heavy (non-hydrogen) atoms. The lowest BCUT2D eigenvalue weighted by Gasteiger charge is -2.09. The van der Waals surface area contributed by atoms with Gasteiger partial charge in [0.05, 0.1) is 12.1 Å². The van der Waals surface area contributed by atoms with Crippen LogP contribution in [0.1, 0.15) is 10.5 Å². The summed E-state index contributed by atoms with van der Waals surface area (Å²) in [6, 6.07) is 8.86. The van der Waals surface area contributed by atoms with Gasteiger partial charge in [0.2, 0.25) is 0 Å². The van der Waals surface area contributed by atoms with Crippen molar-refractivity contribution < 1.29 is 17.9 Å². The first-order valence-corrected chi connectivity index (χ1v) is 10.2. The molecular weight excluding hydrogens is 449 g/mol. The van der Waals surface area contributed by atoms with Crippen LogP contribution in [-0.4, -0.2) is 31.0 Å². The molecular formula is C17H12Cl3N3O4S. The second-order valence-electron chi connectivity index (χ2n) is 5.52. The molecule has 1 N–H and O–H groups in total. The highest BCUT2D eigenvalue weighted by Crippen LogP contribution is 2.26. The summed E-state index contributed by atoms with van der Waals surface area (Å²) in [7, 11) is -2.86. The second-order valence-corrected chi connectivity index (χ2v) is 8.46. The monoisotopic (exact) mass is 459 g/mol. The highest BCUT2D eigenvalue weighted by Gasteiger charge is 2.23. The Bertz CT molecular complexity index is 1140. The Labute approximate surface area is 175 Å². The molecule has 0 unspecified atom stereocenters. The molecule has 3 rings (SSSR count). The quantitative estimate of drug-likeness (QED) is 0.622. The van der Waals surface area contributed by atoms with E-state index >= 15 is 0 Å². The minimum atomic E-state index is -4.24. The smallest absolute Gasteiger partial charge is 0.285 e. The Hall–Kier alpha value is -2.26. The van der Waals surface area contributed by atoms with Crippen LogP contribution in [0.3, 0.4) is 0 Å². The molecule has 146 valence electrons. The van der Waals surface area contributed by atoms with E-state index in [9.17, 15) is 13.2 Å². The van der Waals surface area contributed by atoms with E-state index in [1.165, 1.54) is 42.4 Å². The Morgan fingerprint density at radius 1 is 1.11 bits per heavy atom. The summed E-state index contributed by atoms with van der Waals surface area (Å²) < 4.78 is 33.5. The van der Waals surface area contributed by atoms with E-state index in [0.717, 1.165) is 0 Å². The number of halogens is 3. The van der Waals surface area contributed by atoms with Crippen LogP contribution in [0.5, 0.6) is 5.75 Å². The van der Waals surface area contributed by atoms with E-state index in [1.807, 2.05) is 4.72 Å². The van der Waals surface area contributed by atoms with Crippen LogP contribution in [0.15, 0.2) is 53.8 Å². The molecule has 0 spiro atoms. The van der Waals surface area contributed by atoms with Crippen molar-refractivity contribution in [3.63, 3.8) is 0 Å². The zero-order chi connectivity index (χ0) is 20.5. The molecule has 0 aliphatic carbocycles. The van der Waals surface area contributed by atoms with Crippen molar-refractivity contribution in [3.8, 4) is 11.4 Å². The predicted octanol–water partition coefficient (Wildman–Crippen LogP) is 3.96. The maximum atomic E-state index is 12.5. The lowest BCUT2D eigenvalue weighted by atomic mass is 10.3. The summed E-state index contributed by atoms with van der Waals surface area (Å²) >= 11 is 17.9. The van der Waals surface area contributed by atoms with Crippen LogP contribution >= 0.6 is 34.8 Å². The first kappa shape index (κ1) is 20.5. The zero-order valence-electron chi connectivity index (χ0n) is 14.2. The first-order chi connectivity index (χ1) is 13.2. The lowest BCUT2D eigenvalue weighted by molar-refractivity contribution is 0.0977. The SMILES string of the molecule is COc1ccc(Cl)c(S(=O)(=O)NC(=O)c2cn(-c3cc(Cl)cc(Cl)c3)cn2)c1. The Morgan fingerprint density at radius 2 is 1.79 bits per heavy atom. The molecule has 2 aromatic carbocycles. The summed E-state index contributed by atoms with van der Waals surface area (Å²) in [5.41, 5.74) is 0.432. The number of benzene rings is 2. The maximum absolute atomic E-state index is 12.5. The van der Waals surface area contributed by atoms with Crippen molar-refractivity contribution in [3.05, 3.63) is 69.7 Å². The van der Waals surface area contributed by atoms with Gasteiger partial charge in [-0.25, -0.2) is 18.1 Å². The molecule has 0 saturated carbocycles. The number of sulfonamides is 1. The van der Waals surface area contributed by atoms with Crippen LogP contribution in [0, 0.1) is 0 Å². The fourth-order valence-corrected chi connectivity index (χ4v) is 4.31. The van der Waals surface area contributed by atoms with Crippen molar-refractivity contribution in [2.24, 2.45) is 0 Å². The molecule has 11 heteroatoms. The summed E-state index contributed by atoms with van der Waals surface area (Å²) in [4.78, 5) is 16.0. The van der Waals surface area contributed by atoms with Gasteiger partial charge in [0.15, 0.2) is 0 Å². The summed E-state index contributed by atoms with van der Waals surface area (Å²) in [6.07, 6.45) is 2.68. The van der Waals surface area contributed by atoms with Gasteiger partial charge < -0.3 is 9.30 Å². The van der Waals surface area contributed by atoms with Gasteiger partial charge in [-0.1, -0.05) is 34.8 Å². The molecule has 0 atom stereocenters. The molecule has 1 amide bonds. The predicted molar refractivity (Wildman–Crippen MR) is 106 cm³/mol. The normalized spacial score (nSPS) is 11.3. The van der Waals surface area contributed by atoms with E-state index in [4.69, 9.17) is 39.5 Å². The number of imidazole rings is 1. The number of nitrogens with zero attached hydrogens (tertiary/aromatic N) is 2. The average Bonchev–Trinajstić information content (AvgIpc) is 3.11. The Balaban J connectivity index is 1.86. The minimum absolute atomic E-state index is 0.0554. The number of amides is 1. The van der Waals surface area contributed by atoms with Gasteiger partial charge in [0.25, 0.3) is 15.9 Å². The van der Waals surface area contributed by atoms with Gasteiger partial charge in [-0.3, -0.25) is 4.79 Å². The van der Waals surface area contributed by atoms with Crippen molar-refractivity contribution in [2.45, 2.75) is 4.90 Å². The van der Waals surface area contributed by atoms with E-state index in [-0.39, 0.29) is 21.4 Å². The van der Waals surface area contributed by atoms with Crippen molar-refractivity contribution in [2.75, 3.05) is 7.11 Å². The molecule has 7 nitrogen and oxygen atoms in total. The number of rotatable bonds is 5. The van der Waals surface area contributed by atoms with E-state index in [1.54, 1.807) is 18.2 Å². The van der Waals surface area contributed by atoms with Crippen molar-refractivity contribution >= 4 is 50.7 Å². The van der Waals surface area contributed by atoms with Gasteiger partial charge >= 0.3 is 0 Å². The number of carbonyl (C=O) groups is 1. The van der Waals surface area contributed by atoms with Gasteiger partial charge in [0.1, 0.15) is 22.7 Å². The molecule has 0 bridgehead atoms. The van der Waals surface area contributed by atoms with Crippen molar-refractivity contribution in [1.82, 2.24) is 14.3 Å². The molecule has 0 aliphatic rings. The standard InChI is InChI=1S/C17H12Cl3N3O4S/c1-27-13-2-3-14(20)16(7-13)28(25,26)22-17(24)15-8-23(9-21-15)12-5-10(18)4-11(19)6-12/h2-9H,1H3,(H,22,24). The molecule has 1 heterocycles. The third-order valence-electron chi connectivity index (χ3n) is 3.62. The van der Waals surface area contributed by atoms with Crippen LogP contribution in [-0.2, 0) is 10.0 Å². The number of nitrogens with one attached hydrogen (secondary N) is 1. The largest absolute Gasteiger partial charge is 0.497 e. The number of aromatic nitrogens is 2. The Morgan fingerprint density at radius 3 is 2.43 bits per heavy atom. The summed E-state index contributed by atoms with van der Waals surface area (Å²) in [6.45, 7) is 0. The molecule has 0 aliphatic heterocycles. The van der Waals surface area contributed by atoms with E-state index in [2.05, 4.69) is 4.98 Å². The third-order valence-corrected chi connectivity index (χ3v) is 5.86. The van der Waals surface area contributed by atoms with Gasteiger partial charge in [-0.15, -0.1) is 0 Å². The molecule has 0 fully saturated rings. The number of carbonyl (C=O) groups excluding carboxylic acids is 1. The lowest BCUT2D eigenvalue weighted by Crippen LogP contribution is -2.31. The maximum Gasteiger partial charge on any atom is 0.285 e. The zero-order valence-corrected chi connectivity index (χ0v) is 17.3. The Kier molecular flexibility index (Phi) is 5.85. The minimum Gasteiger partial charge on any atom is -0.497 e. The highest BCUT2D eigenvalue weighted by molar-refractivity contribution is 7.90. The molecule has 1 aromatic heterocycles. The fraction of sp³-hybridized carbons (Fsp3) is 0.0588. The number of hydrogen-bond donors (Lipinski definition) is 1. The van der Waals surface area contributed by atoms with Crippen molar-refractivity contribution in [1.29, 1.82) is 0 Å². The number of methoxy groups -OCH3 is 1. The van der Waals surface area contributed by atoms with Gasteiger partial charge in [-0.2, -0.15) is 0 Å². The molecule has 0 radical (unpaired) electrons. The van der Waals surface area contributed by atoms with Gasteiger partial charge in [0, 0.05) is 28.0 Å². The fourth-order valence-electron chi connectivity index (χ4n) is 2.32. The third kappa shape index (κ3) is 4.41. The van der Waals surface area contributed by atoms with Gasteiger partial charge in [-0.05, 0) is 30.3 Å².